The van der Waals surface area contributed by atoms with E-state index in [1.54, 1.807) is 19.4 Å². The molecule has 0 aliphatic carbocycles. The van der Waals surface area contributed by atoms with E-state index in [0.717, 1.165) is 17.1 Å². The normalized spacial score (nSPS) is 11.9. The monoisotopic (exact) mass is 373 g/mol. The highest BCUT2D eigenvalue weighted by Crippen LogP contribution is 2.22. The van der Waals surface area contributed by atoms with Crippen LogP contribution in [0.2, 0.25) is 0 Å². The maximum atomic E-state index is 12.1. The van der Waals surface area contributed by atoms with E-state index in [1.807, 2.05) is 37.3 Å². The zero-order chi connectivity index (χ0) is 18.4. The van der Waals surface area contributed by atoms with E-state index in [4.69, 9.17) is 13.7 Å². The second-order valence-corrected chi connectivity index (χ2v) is 6.82. The lowest BCUT2D eigenvalue weighted by atomic mass is 10.2. The molecule has 0 spiro atoms. The summed E-state index contributed by atoms with van der Waals surface area (Å²) < 4.78 is 15.6. The first kappa shape index (κ1) is 18.1. The maximum absolute atomic E-state index is 12.1. The molecule has 0 saturated heterocycles. The highest BCUT2D eigenvalue weighted by Gasteiger charge is 2.16. The Morgan fingerprint density at radius 2 is 2.12 bits per heavy atom. The zero-order valence-electron chi connectivity index (χ0n) is 14.5. The van der Waals surface area contributed by atoms with Crippen LogP contribution >= 0.6 is 11.8 Å². The Bertz CT molecular complexity index is 831. The Morgan fingerprint density at radius 1 is 1.31 bits per heavy atom. The average Bonchev–Trinajstić information content (AvgIpc) is 3.36. The zero-order valence-corrected chi connectivity index (χ0v) is 15.3. The molecule has 136 valence electrons. The summed E-state index contributed by atoms with van der Waals surface area (Å²) in [7, 11) is 1.62. The Hall–Kier alpha value is -2.74. The lowest BCUT2D eigenvalue weighted by Gasteiger charge is -2.09. The van der Waals surface area contributed by atoms with E-state index in [0.29, 0.717) is 24.0 Å². The highest BCUT2D eigenvalue weighted by molar-refractivity contribution is 7.99. The molecule has 8 heteroatoms. The van der Waals surface area contributed by atoms with Crippen LogP contribution in [0.25, 0.3) is 11.4 Å². The molecule has 1 atom stereocenters. The van der Waals surface area contributed by atoms with Crippen LogP contribution in [0.5, 0.6) is 5.75 Å². The topological polar surface area (TPSA) is 90.4 Å². The number of nitrogens with zero attached hydrogens (tertiary/aromatic N) is 2. The Kier molecular flexibility index (Phi) is 5.96. The maximum Gasteiger partial charge on any atom is 0.236 e. The minimum Gasteiger partial charge on any atom is -0.497 e. The summed E-state index contributed by atoms with van der Waals surface area (Å²) in [6.07, 6.45) is 1.58. The molecular formula is C18H19N3O4S. The quantitative estimate of drug-likeness (QED) is 0.648. The minimum atomic E-state index is -0.249. The summed E-state index contributed by atoms with van der Waals surface area (Å²) in [5.41, 5.74) is 0.843. The number of methoxy groups -OCH3 is 1. The molecule has 26 heavy (non-hydrogen) atoms. The number of aromatic nitrogens is 2. The lowest BCUT2D eigenvalue weighted by molar-refractivity contribution is -0.120. The van der Waals surface area contributed by atoms with Crippen molar-refractivity contribution < 1.29 is 18.5 Å². The van der Waals surface area contributed by atoms with Crippen LogP contribution in [0.4, 0.5) is 0 Å². The van der Waals surface area contributed by atoms with Crippen LogP contribution in [-0.2, 0) is 17.1 Å². The average molecular weight is 373 g/mol. The first-order valence-electron chi connectivity index (χ1n) is 8.04. The lowest BCUT2D eigenvalue weighted by Crippen LogP contribution is -2.30. The molecule has 0 bridgehead atoms. The number of furan rings is 1. The molecule has 0 fully saturated rings. The molecule has 3 aromatic rings. The molecule has 0 aliphatic rings. The van der Waals surface area contributed by atoms with Crippen molar-refractivity contribution in [3.63, 3.8) is 0 Å². The first-order valence-corrected chi connectivity index (χ1v) is 9.09. The Morgan fingerprint density at radius 3 is 2.81 bits per heavy atom. The molecule has 0 saturated carbocycles. The van der Waals surface area contributed by atoms with Crippen molar-refractivity contribution in [2.45, 2.75) is 24.5 Å². The minimum absolute atomic E-state index is 0.0682. The summed E-state index contributed by atoms with van der Waals surface area (Å²) in [4.78, 5) is 16.5. The summed E-state index contributed by atoms with van der Waals surface area (Å²) in [6, 6.07) is 11.0. The molecule has 2 heterocycles. The van der Waals surface area contributed by atoms with E-state index in [2.05, 4.69) is 15.5 Å². The smallest absolute Gasteiger partial charge is 0.236 e. The van der Waals surface area contributed by atoms with Crippen LogP contribution in [0.15, 0.2) is 51.6 Å². The number of carbonyl (C=O) groups excluding carboxylic acids is 1. The number of nitrogens with one attached hydrogen (secondary N) is 1. The van der Waals surface area contributed by atoms with Gasteiger partial charge in [0.05, 0.1) is 30.9 Å². The van der Waals surface area contributed by atoms with Gasteiger partial charge in [0.1, 0.15) is 11.5 Å². The van der Waals surface area contributed by atoms with Crippen LogP contribution in [-0.4, -0.2) is 28.4 Å². The summed E-state index contributed by atoms with van der Waals surface area (Å²) in [5, 5.41) is 6.56. The van der Waals surface area contributed by atoms with Crippen molar-refractivity contribution in [2.75, 3.05) is 7.11 Å². The van der Waals surface area contributed by atoms with Gasteiger partial charge in [0.15, 0.2) is 0 Å². The van der Waals surface area contributed by atoms with Crippen molar-refractivity contribution in [3.8, 4) is 17.1 Å². The third kappa shape index (κ3) is 4.66. The third-order valence-corrected chi connectivity index (χ3v) is 4.79. The van der Waals surface area contributed by atoms with Gasteiger partial charge < -0.3 is 19.0 Å². The standard InChI is InChI=1S/C18H19N3O4S/c1-12(18(22)19-10-15-4-3-9-24-15)26-11-16-20-17(21-25-16)13-5-7-14(23-2)8-6-13/h3-9,12H,10-11H2,1-2H3,(H,19,22). The van der Waals surface area contributed by atoms with Gasteiger partial charge in [-0.1, -0.05) is 5.16 Å². The Balaban J connectivity index is 1.49. The number of thioether (sulfide) groups is 1. The highest BCUT2D eigenvalue weighted by atomic mass is 32.2. The summed E-state index contributed by atoms with van der Waals surface area (Å²) in [5.74, 6) is 2.86. The number of hydrogen-bond donors (Lipinski definition) is 1. The SMILES string of the molecule is COc1ccc(-c2noc(CSC(C)C(=O)NCc3ccco3)n2)cc1. The molecule has 1 N–H and O–H groups in total. The fourth-order valence-electron chi connectivity index (χ4n) is 2.17. The predicted molar refractivity (Wildman–Crippen MR) is 97.6 cm³/mol. The molecule has 3 rings (SSSR count). The molecule has 2 aromatic heterocycles. The largest absolute Gasteiger partial charge is 0.497 e. The van der Waals surface area contributed by atoms with Crippen molar-refractivity contribution >= 4 is 17.7 Å². The number of hydrogen-bond acceptors (Lipinski definition) is 7. The van der Waals surface area contributed by atoms with Gasteiger partial charge in [0.25, 0.3) is 0 Å². The van der Waals surface area contributed by atoms with E-state index in [-0.39, 0.29) is 11.2 Å². The van der Waals surface area contributed by atoms with Crippen molar-refractivity contribution in [1.82, 2.24) is 15.5 Å². The van der Waals surface area contributed by atoms with Crippen molar-refractivity contribution in [2.24, 2.45) is 0 Å². The van der Waals surface area contributed by atoms with Crippen molar-refractivity contribution in [1.29, 1.82) is 0 Å². The first-order chi connectivity index (χ1) is 12.7. The fourth-order valence-corrected chi connectivity index (χ4v) is 2.92. The molecule has 1 unspecified atom stereocenters. The van der Waals surface area contributed by atoms with E-state index >= 15 is 0 Å². The number of ether oxygens (including phenoxy) is 1. The third-order valence-electron chi connectivity index (χ3n) is 3.66. The molecule has 7 nitrogen and oxygen atoms in total. The van der Waals surface area contributed by atoms with Crippen LogP contribution in [0.3, 0.4) is 0 Å². The van der Waals surface area contributed by atoms with Gasteiger partial charge in [-0.2, -0.15) is 4.98 Å². The van der Waals surface area contributed by atoms with Crippen LogP contribution in [0, 0.1) is 0 Å². The molecular weight excluding hydrogens is 354 g/mol. The number of carbonyl (C=O) groups is 1. The van der Waals surface area contributed by atoms with Gasteiger partial charge in [-0.05, 0) is 43.3 Å². The van der Waals surface area contributed by atoms with E-state index in [9.17, 15) is 4.79 Å². The number of rotatable bonds is 8. The van der Waals surface area contributed by atoms with Crippen molar-refractivity contribution in [3.05, 3.63) is 54.3 Å². The van der Waals surface area contributed by atoms with Crippen LogP contribution < -0.4 is 10.1 Å². The fraction of sp³-hybridized carbons (Fsp3) is 0.278. The molecule has 0 radical (unpaired) electrons. The van der Waals surface area contributed by atoms with Gasteiger partial charge in [0, 0.05) is 5.56 Å². The predicted octanol–water partition coefficient (Wildman–Crippen LogP) is 3.28. The second kappa shape index (κ2) is 8.57. The van der Waals surface area contributed by atoms with Gasteiger partial charge >= 0.3 is 0 Å². The Labute approximate surface area is 155 Å². The summed E-state index contributed by atoms with van der Waals surface area (Å²) in [6.45, 7) is 2.21. The van der Waals surface area contributed by atoms with Gasteiger partial charge in [0.2, 0.25) is 17.6 Å². The number of benzene rings is 1. The van der Waals surface area contributed by atoms with E-state index < -0.39 is 0 Å². The molecule has 1 aromatic carbocycles. The van der Waals surface area contributed by atoms with E-state index in [1.165, 1.54) is 11.8 Å². The molecule has 0 aliphatic heterocycles. The second-order valence-electron chi connectivity index (χ2n) is 5.49. The summed E-state index contributed by atoms with van der Waals surface area (Å²) >= 11 is 1.43. The van der Waals surface area contributed by atoms with Gasteiger partial charge in [-0.15, -0.1) is 11.8 Å². The van der Waals surface area contributed by atoms with Gasteiger partial charge in [-0.3, -0.25) is 4.79 Å². The van der Waals surface area contributed by atoms with Gasteiger partial charge in [-0.25, -0.2) is 0 Å². The van der Waals surface area contributed by atoms with Crippen LogP contribution in [0.1, 0.15) is 18.6 Å². The molecule has 1 amide bonds. The number of amides is 1.